The van der Waals surface area contributed by atoms with Gasteiger partial charge >= 0.3 is 0 Å². The molecule has 1 aromatic carbocycles. The molecular weight excluding hydrogens is 284 g/mol. The average molecular weight is 308 g/mol. The number of rotatable bonds is 4. The molecule has 1 N–H and O–H groups in total. The van der Waals surface area contributed by atoms with Gasteiger partial charge in [-0.05, 0) is 48.9 Å². The van der Waals surface area contributed by atoms with E-state index in [4.69, 9.17) is 0 Å². The smallest absolute Gasteiger partial charge is 0.243 e. The third-order valence-electron chi connectivity index (χ3n) is 5.06. The third-order valence-corrected chi connectivity index (χ3v) is 7.00. The van der Waals surface area contributed by atoms with Crippen molar-refractivity contribution < 1.29 is 8.42 Å². The molecule has 0 radical (unpaired) electrons. The Morgan fingerprint density at radius 3 is 2.67 bits per heavy atom. The molecule has 0 amide bonds. The van der Waals surface area contributed by atoms with Crippen molar-refractivity contribution in [3.05, 3.63) is 29.8 Å². The van der Waals surface area contributed by atoms with Crippen LogP contribution in [0.1, 0.15) is 38.2 Å². The Morgan fingerprint density at radius 2 is 2.00 bits per heavy atom. The summed E-state index contributed by atoms with van der Waals surface area (Å²) in [6.07, 6.45) is 2.04. The van der Waals surface area contributed by atoms with Crippen LogP contribution in [0.3, 0.4) is 0 Å². The first kappa shape index (κ1) is 15.0. The summed E-state index contributed by atoms with van der Waals surface area (Å²) in [5.41, 5.74) is 1.21. The maximum atomic E-state index is 12.8. The van der Waals surface area contributed by atoms with E-state index >= 15 is 0 Å². The molecule has 0 saturated carbocycles. The Morgan fingerprint density at radius 1 is 1.29 bits per heavy atom. The van der Waals surface area contributed by atoms with Gasteiger partial charge < -0.3 is 5.32 Å². The van der Waals surface area contributed by atoms with Gasteiger partial charge in [-0.25, -0.2) is 8.42 Å². The number of hydrogen-bond donors (Lipinski definition) is 1. The van der Waals surface area contributed by atoms with Crippen molar-refractivity contribution >= 4 is 10.0 Å². The molecule has 21 heavy (non-hydrogen) atoms. The van der Waals surface area contributed by atoms with E-state index in [2.05, 4.69) is 19.2 Å². The fourth-order valence-electron chi connectivity index (χ4n) is 3.45. The zero-order chi connectivity index (χ0) is 15.0. The van der Waals surface area contributed by atoms with Crippen LogP contribution in [-0.2, 0) is 10.0 Å². The van der Waals surface area contributed by atoms with E-state index in [0.717, 1.165) is 25.9 Å². The van der Waals surface area contributed by atoms with Crippen LogP contribution in [0.2, 0.25) is 0 Å². The molecule has 5 heteroatoms. The number of hydrogen-bond acceptors (Lipinski definition) is 3. The minimum absolute atomic E-state index is 0.143. The van der Waals surface area contributed by atoms with Crippen LogP contribution in [0.25, 0.3) is 0 Å². The van der Waals surface area contributed by atoms with Gasteiger partial charge in [0.15, 0.2) is 0 Å². The van der Waals surface area contributed by atoms with Crippen LogP contribution in [0.5, 0.6) is 0 Å². The second-order valence-corrected chi connectivity index (χ2v) is 8.16. The van der Waals surface area contributed by atoms with E-state index in [1.807, 2.05) is 12.1 Å². The van der Waals surface area contributed by atoms with Crippen molar-refractivity contribution in [2.45, 2.75) is 43.5 Å². The molecule has 2 aliphatic rings. The number of fused-ring (bicyclic) bond motifs is 1. The number of sulfonamides is 1. The molecule has 4 nitrogen and oxygen atoms in total. The van der Waals surface area contributed by atoms with E-state index < -0.39 is 10.0 Å². The fourth-order valence-corrected chi connectivity index (χ4v) is 5.15. The molecule has 0 aliphatic carbocycles. The highest BCUT2D eigenvalue weighted by Crippen LogP contribution is 2.32. The first-order chi connectivity index (χ1) is 10.0. The average Bonchev–Trinajstić information content (AvgIpc) is 3.09. The molecule has 0 spiro atoms. The summed E-state index contributed by atoms with van der Waals surface area (Å²) in [6, 6.07) is 7.60. The summed E-state index contributed by atoms with van der Waals surface area (Å²) in [4.78, 5) is 0.433. The summed E-state index contributed by atoms with van der Waals surface area (Å²) < 4.78 is 27.4. The first-order valence-corrected chi connectivity index (χ1v) is 9.30. The minimum atomic E-state index is -3.35. The lowest BCUT2D eigenvalue weighted by Crippen LogP contribution is -2.39. The van der Waals surface area contributed by atoms with E-state index in [1.165, 1.54) is 5.56 Å². The lowest BCUT2D eigenvalue weighted by molar-refractivity contribution is 0.383. The molecule has 116 valence electrons. The Hall–Kier alpha value is -0.910. The van der Waals surface area contributed by atoms with Crippen LogP contribution >= 0.6 is 0 Å². The van der Waals surface area contributed by atoms with E-state index in [-0.39, 0.29) is 6.04 Å². The number of nitrogens with one attached hydrogen (secondary N) is 1. The van der Waals surface area contributed by atoms with Gasteiger partial charge in [-0.15, -0.1) is 0 Å². The predicted molar refractivity (Wildman–Crippen MR) is 83.8 cm³/mol. The van der Waals surface area contributed by atoms with Crippen molar-refractivity contribution in [1.82, 2.24) is 9.62 Å². The fraction of sp³-hybridized carbons (Fsp3) is 0.625. The van der Waals surface area contributed by atoms with Gasteiger partial charge in [0.25, 0.3) is 0 Å². The molecular formula is C16H24N2O2S. The van der Waals surface area contributed by atoms with Crippen molar-refractivity contribution in [1.29, 1.82) is 0 Å². The maximum Gasteiger partial charge on any atom is 0.243 e. The largest absolute Gasteiger partial charge is 0.315 e. The Labute approximate surface area is 127 Å². The molecule has 0 aromatic heterocycles. The van der Waals surface area contributed by atoms with Crippen molar-refractivity contribution in [2.75, 3.05) is 19.6 Å². The highest BCUT2D eigenvalue weighted by molar-refractivity contribution is 7.89. The second-order valence-electron chi connectivity index (χ2n) is 6.27. The zero-order valence-electron chi connectivity index (χ0n) is 12.7. The molecule has 1 aromatic rings. The van der Waals surface area contributed by atoms with Gasteiger partial charge in [-0.3, -0.25) is 0 Å². The molecule has 2 saturated heterocycles. The highest BCUT2D eigenvalue weighted by Gasteiger charge is 2.43. The Bertz CT molecular complexity index is 597. The Balaban J connectivity index is 1.85. The first-order valence-electron chi connectivity index (χ1n) is 7.86. The van der Waals surface area contributed by atoms with Gasteiger partial charge in [0.2, 0.25) is 10.0 Å². The van der Waals surface area contributed by atoms with E-state index in [0.29, 0.717) is 23.3 Å². The molecule has 2 aliphatic heterocycles. The SMILES string of the molecule is CCC(C)c1ccc(S(=O)(=O)N2CC[C@H]3CNC[C@H]32)cc1. The van der Waals surface area contributed by atoms with Crippen LogP contribution in [0.4, 0.5) is 0 Å². The molecule has 0 bridgehead atoms. The van der Waals surface area contributed by atoms with Crippen molar-refractivity contribution in [3.63, 3.8) is 0 Å². The lowest BCUT2D eigenvalue weighted by Gasteiger charge is -2.23. The normalized spacial score (nSPS) is 27.7. The zero-order valence-corrected chi connectivity index (χ0v) is 13.6. The van der Waals surface area contributed by atoms with Gasteiger partial charge in [0, 0.05) is 19.1 Å². The van der Waals surface area contributed by atoms with E-state index in [9.17, 15) is 8.42 Å². The van der Waals surface area contributed by atoms with Gasteiger partial charge in [-0.2, -0.15) is 4.31 Å². The maximum absolute atomic E-state index is 12.8. The minimum Gasteiger partial charge on any atom is -0.315 e. The van der Waals surface area contributed by atoms with Crippen LogP contribution in [0.15, 0.2) is 29.2 Å². The van der Waals surface area contributed by atoms with Gasteiger partial charge in [-0.1, -0.05) is 26.0 Å². The summed E-state index contributed by atoms with van der Waals surface area (Å²) in [7, 11) is -3.35. The van der Waals surface area contributed by atoms with Gasteiger partial charge in [0.1, 0.15) is 0 Å². The topological polar surface area (TPSA) is 49.4 Å². The number of benzene rings is 1. The van der Waals surface area contributed by atoms with Gasteiger partial charge in [0.05, 0.1) is 4.90 Å². The summed E-state index contributed by atoms with van der Waals surface area (Å²) >= 11 is 0. The standard InChI is InChI=1S/C16H24N2O2S/c1-3-12(2)13-4-6-15(7-5-13)21(19,20)18-9-8-14-10-17-11-16(14)18/h4-7,12,14,16-17H,3,8-11H2,1-2H3/t12?,14-,16+/m0/s1. The molecule has 2 heterocycles. The monoisotopic (exact) mass is 308 g/mol. The summed E-state index contributed by atoms with van der Waals surface area (Å²) in [5.74, 6) is 0.955. The molecule has 3 rings (SSSR count). The lowest BCUT2D eigenvalue weighted by atomic mass is 9.99. The summed E-state index contributed by atoms with van der Waals surface area (Å²) in [6.45, 7) is 6.70. The van der Waals surface area contributed by atoms with Crippen LogP contribution in [0, 0.1) is 5.92 Å². The highest BCUT2D eigenvalue weighted by atomic mass is 32.2. The van der Waals surface area contributed by atoms with Crippen LogP contribution < -0.4 is 5.32 Å². The summed E-state index contributed by atoms with van der Waals surface area (Å²) in [5, 5.41) is 3.30. The molecule has 3 atom stereocenters. The number of nitrogens with zero attached hydrogens (tertiary/aromatic N) is 1. The molecule has 1 unspecified atom stereocenters. The quantitative estimate of drug-likeness (QED) is 0.927. The second kappa shape index (κ2) is 5.71. The molecule has 2 fully saturated rings. The van der Waals surface area contributed by atoms with Crippen LogP contribution in [-0.4, -0.2) is 38.4 Å². The van der Waals surface area contributed by atoms with Crippen molar-refractivity contribution in [2.24, 2.45) is 5.92 Å². The van der Waals surface area contributed by atoms with Crippen molar-refractivity contribution in [3.8, 4) is 0 Å². The third kappa shape index (κ3) is 2.62. The Kier molecular flexibility index (Phi) is 4.08. The predicted octanol–water partition coefficient (Wildman–Crippen LogP) is 2.18. The van der Waals surface area contributed by atoms with E-state index in [1.54, 1.807) is 16.4 Å².